The summed E-state index contributed by atoms with van der Waals surface area (Å²) < 4.78 is 0. The Kier molecular flexibility index (Phi) is 5.01. The molecule has 1 aliphatic rings. The van der Waals surface area contributed by atoms with Crippen molar-refractivity contribution in [3.8, 4) is 0 Å². The normalized spacial score (nSPS) is 15.3. The molecular weight excluding hydrogens is 300 g/mol. The molecule has 1 aliphatic heterocycles. The quantitative estimate of drug-likeness (QED) is 0.848. The van der Waals surface area contributed by atoms with Gasteiger partial charge in [0.2, 0.25) is 5.91 Å². The predicted octanol–water partition coefficient (Wildman–Crippen LogP) is 2.34. The Morgan fingerprint density at radius 3 is 2.54 bits per heavy atom. The van der Waals surface area contributed by atoms with E-state index < -0.39 is 0 Å². The number of hydrogen-bond acceptors (Lipinski definition) is 4. The molecule has 0 bridgehead atoms. The van der Waals surface area contributed by atoms with E-state index in [1.54, 1.807) is 0 Å². The Labute approximate surface area is 143 Å². The van der Waals surface area contributed by atoms with Gasteiger partial charge in [-0.2, -0.15) is 0 Å². The van der Waals surface area contributed by atoms with E-state index in [-0.39, 0.29) is 5.91 Å². The van der Waals surface area contributed by atoms with Crippen LogP contribution in [-0.2, 0) is 4.79 Å². The van der Waals surface area contributed by atoms with Gasteiger partial charge in [-0.3, -0.25) is 9.69 Å². The van der Waals surface area contributed by atoms with Gasteiger partial charge in [0.25, 0.3) is 0 Å². The molecule has 0 radical (unpaired) electrons. The van der Waals surface area contributed by atoms with Crippen LogP contribution in [-0.4, -0.2) is 43.5 Å². The van der Waals surface area contributed by atoms with Crippen molar-refractivity contribution in [2.75, 3.05) is 48.7 Å². The highest BCUT2D eigenvalue weighted by Crippen LogP contribution is 2.23. The summed E-state index contributed by atoms with van der Waals surface area (Å²) in [6, 6.07) is 15.8. The molecule has 2 aromatic rings. The molecule has 24 heavy (non-hydrogen) atoms. The van der Waals surface area contributed by atoms with Crippen LogP contribution in [0.4, 0.5) is 17.1 Å². The SMILES string of the molecule is Cc1cccc(NC(=O)CN2CCN(c3ccccc3N)CC2)c1. The van der Waals surface area contributed by atoms with Crippen LogP contribution in [0.2, 0.25) is 0 Å². The van der Waals surface area contributed by atoms with E-state index in [0.717, 1.165) is 48.8 Å². The fourth-order valence-electron chi connectivity index (χ4n) is 3.05. The third kappa shape index (κ3) is 4.06. The Balaban J connectivity index is 1.50. The number of nitrogens with zero attached hydrogens (tertiary/aromatic N) is 2. The Bertz CT molecular complexity index is 708. The van der Waals surface area contributed by atoms with Crippen LogP contribution < -0.4 is 16.0 Å². The van der Waals surface area contributed by atoms with E-state index in [9.17, 15) is 4.79 Å². The fourth-order valence-corrected chi connectivity index (χ4v) is 3.05. The van der Waals surface area contributed by atoms with Crippen LogP contribution in [0.25, 0.3) is 0 Å². The molecule has 3 N–H and O–H groups in total. The number of carbonyl (C=O) groups is 1. The first-order valence-corrected chi connectivity index (χ1v) is 8.30. The van der Waals surface area contributed by atoms with Crippen LogP contribution in [0.1, 0.15) is 5.56 Å². The van der Waals surface area contributed by atoms with Crippen LogP contribution in [0.15, 0.2) is 48.5 Å². The number of para-hydroxylation sites is 2. The molecule has 3 rings (SSSR count). The van der Waals surface area contributed by atoms with Crippen LogP contribution in [0.3, 0.4) is 0 Å². The van der Waals surface area contributed by atoms with Gasteiger partial charge in [-0.05, 0) is 36.8 Å². The van der Waals surface area contributed by atoms with Crippen molar-refractivity contribution in [1.29, 1.82) is 0 Å². The molecule has 126 valence electrons. The minimum atomic E-state index is 0.0354. The van der Waals surface area contributed by atoms with Gasteiger partial charge in [0.05, 0.1) is 17.9 Å². The number of rotatable bonds is 4. The summed E-state index contributed by atoms with van der Waals surface area (Å²) in [6.45, 7) is 5.92. The lowest BCUT2D eigenvalue weighted by molar-refractivity contribution is -0.117. The third-order valence-corrected chi connectivity index (χ3v) is 4.32. The van der Waals surface area contributed by atoms with Gasteiger partial charge in [-0.25, -0.2) is 0 Å². The predicted molar refractivity (Wildman–Crippen MR) is 99.3 cm³/mol. The van der Waals surface area contributed by atoms with Crippen LogP contribution in [0.5, 0.6) is 0 Å². The summed E-state index contributed by atoms with van der Waals surface area (Å²) in [6.07, 6.45) is 0. The van der Waals surface area contributed by atoms with Crippen molar-refractivity contribution in [3.63, 3.8) is 0 Å². The summed E-state index contributed by atoms with van der Waals surface area (Å²) in [5.74, 6) is 0.0354. The van der Waals surface area contributed by atoms with Gasteiger partial charge < -0.3 is 16.0 Å². The molecule has 0 spiro atoms. The van der Waals surface area contributed by atoms with Crippen LogP contribution >= 0.6 is 0 Å². The number of nitrogens with two attached hydrogens (primary N) is 1. The molecule has 5 heteroatoms. The molecule has 1 amide bonds. The number of hydrogen-bond donors (Lipinski definition) is 2. The van der Waals surface area contributed by atoms with E-state index in [1.165, 1.54) is 0 Å². The van der Waals surface area contributed by atoms with E-state index in [1.807, 2.05) is 49.4 Å². The Morgan fingerprint density at radius 1 is 1.08 bits per heavy atom. The molecule has 2 aromatic carbocycles. The van der Waals surface area contributed by atoms with E-state index in [4.69, 9.17) is 5.73 Å². The van der Waals surface area contributed by atoms with Gasteiger partial charge in [-0.1, -0.05) is 24.3 Å². The molecule has 5 nitrogen and oxygen atoms in total. The number of amides is 1. The van der Waals surface area contributed by atoms with Crippen molar-refractivity contribution in [3.05, 3.63) is 54.1 Å². The first-order chi connectivity index (χ1) is 11.6. The average Bonchev–Trinajstić information content (AvgIpc) is 2.56. The molecule has 1 fully saturated rings. The second kappa shape index (κ2) is 7.36. The molecule has 1 saturated heterocycles. The van der Waals surface area contributed by atoms with Gasteiger partial charge in [0.1, 0.15) is 0 Å². The van der Waals surface area contributed by atoms with E-state index >= 15 is 0 Å². The van der Waals surface area contributed by atoms with Crippen molar-refractivity contribution in [1.82, 2.24) is 4.90 Å². The zero-order valence-corrected chi connectivity index (χ0v) is 14.0. The number of aryl methyl sites for hydroxylation is 1. The lowest BCUT2D eigenvalue weighted by Crippen LogP contribution is -2.48. The van der Waals surface area contributed by atoms with Crippen LogP contribution in [0, 0.1) is 6.92 Å². The van der Waals surface area contributed by atoms with Gasteiger partial charge in [-0.15, -0.1) is 0 Å². The minimum absolute atomic E-state index is 0.0354. The largest absolute Gasteiger partial charge is 0.397 e. The summed E-state index contributed by atoms with van der Waals surface area (Å²) in [4.78, 5) is 16.7. The second-order valence-corrected chi connectivity index (χ2v) is 6.24. The van der Waals surface area contributed by atoms with Gasteiger partial charge >= 0.3 is 0 Å². The lowest BCUT2D eigenvalue weighted by Gasteiger charge is -2.36. The van der Waals surface area contributed by atoms with Gasteiger partial charge in [0, 0.05) is 31.9 Å². The van der Waals surface area contributed by atoms with E-state index in [0.29, 0.717) is 6.54 Å². The number of piperazine rings is 1. The molecule has 0 atom stereocenters. The summed E-state index contributed by atoms with van der Waals surface area (Å²) >= 11 is 0. The second-order valence-electron chi connectivity index (χ2n) is 6.24. The maximum Gasteiger partial charge on any atom is 0.238 e. The zero-order chi connectivity index (χ0) is 16.9. The molecule has 1 heterocycles. The highest BCUT2D eigenvalue weighted by atomic mass is 16.2. The third-order valence-electron chi connectivity index (χ3n) is 4.32. The Hall–Kier alpha value is -2.53. The highest BCUT2D eigenvalue weighted by Gasteiger charge is 2.20. The highest BCUT2D eigenvalue weighted by molar-refractivity contribution is 5.92. The molecule has 0 saturated carbocycles. The lowest BCUT2D eigenvalue weighted by atomic mass is 10.2. The summed E-state index contributed by atoms with van der Waals surface area (Å²) in [5, 5.41) is 2.97. The smallest absolute Gasteiger partial charge is 0.238 e. The standard InChI is InChI=1S/C19H24N4O/c1-15-5-4-6-16(13-15)21-19(24)14-22-9-11-23(12-10-22)18-8-3-2-7-17(18)20/h2-8,13H,9-12,14,20H2,1H3,(H,21,24). The van der Waals surface area contributed by atoms with Crippen molar-refractivity contribution >= 4 is 23.0 Å². The first-order valence-electron chi connectivity index (χ1n) is 8.30. The zero-order valence-electron chi connectivity index (χ0n) is 14.0. The van der Waals surface area contributed by atoms with Crippen molar-refractivity contribution < 1.29 is 4.79 Å². The van der Waals surface area contributed by atoms with Crippen molar-refractivity contribution in [2.24, 2.45) is 0 Å². The Morgan fingerprint density at radius 2 is 1.83 bits per heavy atom. The van der Waals surface area contributed by atoms with E-state index in [2.05, 4.69) is 21.2 Å². The maximum absolute atomic E-state index is 12.2. The average molecular weight is 324 g/mol. The first kappa shape index (κ1) is 16.3. The molecular formula is C19H24N4O. The number of anilines is 3. The van der Waals surface area contributed by atoms with Crippen molar-refractivity contribution in [2.45, 2.75) is 6.92 Å². The molecule has 0 unspecified atom stereocenters. The maximum atomic E-state index is 12.2. The number of carbonyl (C=O) groups excluding carboxylic acids is 1. The summed E-state index contributed by atoms with van der Waals surface area (Å²) in [5.41, 5.74) is 9.94. The van der Waals surface area contributed by atoms with Gasteiger partial charge in [0.15, 0.2) is 0 Å². The minimum Gasteiger partial charge on any atom is -0.397 e. The molecule has 0 aromatic heterocycles. The number of benzene rings is 2. The number of nitrogen functional groups attached to an aromatic ring is 1. The summed E-state index contributed by atoms with van der Waals surface area (Å²) in [7, 11) is 0. The topological polar surface area (TPSA) is 61.6 Å². The fraction of sp³-hybridized carbons (Fsp3) is 0.316. The monoisotopic (exact) mass is 324 g/mol. The number of nitrogens with one attached hydrogen (secondary N) is 1. The molecule has 0 aliphatic carbocycles.